The highest BCUT2D eigenvalue weighted by Crippen LogP contribution is 2.23. The summed E-state index contributed by atoms with van der Waals surface area (Å²) in [6.07, 6.45) is -4.73. The van der Waals surface area contributed by atoms with Crippen LogP contribution < -0.4 is 15.8 Å². The number of hydrogen-bond acceptors (Lipinski definition) is 4. The second-order valence-corrected chi connectivity index (χ2v) is 6.99. The summed E-state index contributed by atoms with van der Waals surface area (Å²) in [5, 5.41) is 3.06. The molecule has 2 aromatic rings. The first kappa shape index (κ1) is 26.1. The van der Waals surface area contributed by atoms with Crippen LogP contribution in [0, 0.1) is 5.82 Å². The Balaban J connectivity index is 0.00000363. The fourth-order valence-corrected chi connectivity index (χ4v) is 3.29. The lowest BCUT2D eigenvalue weighted by Gasteiger charge is -2.35. The number of aliphatic imine (C=N–C) groups is 1. The predicted octanol–water partition coefficient (Wildman–Crippen LogP) is 3.82. The van der Waals surface area contributed by atoms with Gasteiger partial charge in [0, 0.05) is 19.6 Å². The second-order valence-electron chi connectivity index (χ2n) is 6.99. The smallest absolute Gasteiger partial charge is 0.406 e. The number of nitrogens with two attached hydrogens (primary N) is 1. The molecule has 0 aromatic heterocycles. The highest BCUT2D eigenvalue weighted by atomic mass is 127. The molecule has 1 unspecified atom stereocenters. The maximum atomic E-state index is 13.7. The van der Waals surface area contributed by atoms with Crippen LogP contribution in [0.25, 0.3) is 0 Å². The first-order valence-electron chi connectivity index (χ1n) is 9.76. The van der Waals surface area contributed by atoms with Crippen LogP contribution in [0.3, 0.4) is 0 Å². The Bertz CT molecular complexity index is 875. The Labute approximate surface area is 200 Å². The average Bonchev–Trinajstić information content (AvgIpc) is 2.73. The second kappa shape index (κ2) is 12.2. The largest absolute Gasteiger partial charge is 0.573 e. The SMILES string of the molecule is I.NC(=NCc1ccc(OC(F)(F)F)cc1)NCC(c1cccc(F)c1)N1CCOCC1. The molecular weight excluding hydrogens is 543 g/mol. The molecule has 3 N–H and O–H groups in total. The van der Waals surface area contributed by atoms with E-state index < -0.39 is 6.36 Å². The molecule has 1 atom stereocenters. The van der Waals surface area contributed by atoms with E-state index in [0.29, 0.717) is 38.4 Å². The van der Waals surface area contributed by atoms with Gasteiger partial charge >= 0.3 is 6.36 Å². The number of nitrogens with one attached hydrogen (secondary N) is 1. The third-order valence-corrected chi connectivity index (χ3v) is 4.79. The van der Waals surface area contributed by atoms with Crippen LogP contribution in [0.1, 0.15) is 17.2 Å². The Kier molecular flexibility index (Phi) is 9.97. The summed E-state index contributed by atoms with van der Waals surface area (Å²) in [6, 6.07) is 11.7. The maximum Gasteiger partial charge on any atom is 0.573 e. The third-order valence-electron chi connectivity index (χ3n) is 4.79. The molecule has 1 saturated heterocycles. The van der Waals surface area contributed by atoms with Crippen LogP contribution in [0.5, 0.6) is 5.75 Å². The summed E-state index contributed by atoms with van der Waals surface area (Å²) >= 11 is 0. The molecule has 3 rings (SSSR count). The van der Waals surface area contributed by atoms with Crippen molar-refractivity contribution in [3.05, 3.63) is 65.5 Å². The van der Waals surface area contributed by atoms with Crippen molar-refractivity contribution in [2.24, 2.45) is 10.7 Å². The summed E-state index contributed by atoms with van der Waals surface area (Å²) in [5.74, 6) is -0.421. The lowest BCUT2D eigenvalue weighted by atomic mass is 10.0. The van der Waals surface area contributed by atoms with Crippen LogP contribution >= 0.6 is 24.0 Å². The van der Waals surface area contributed by atoms with E-state index in [1.807, 2.05) is 6.07 Å². The van der Waals surface area contributed by atoms with Crippen molar-refractivity contribution in [1.82, 2.24) is 10.2 Å². The zero-order valence-corrected chi connectivity index (χ0v) is 19.5. The minimum Gasteiger partial charge on any atom is -0.406 e. The molecule has 0 bridgehead atoms. The van der Waals surface area contributed by atoms with E-state index in [1.54, 1.807) is 6.07 Å². The van der Waals surface area contributed by atoms with E-state index in [0.717, 1.165) is 5.56 Å². The van der Waals surface area contributed by atoms with Crippen molar-refractivity contribution in [2.45, 2.75) is 18.9 Å². The van der Waals surface area contributed by atoms with Crippen molar-refractivity contribution >= 4 is 29.9 Å². The van der Waals surface area contributed by atoms with E-state index >= 15 is 0 Å². The minimum atomic E-state index is -4.73. The molecular formula is C21H25F4IN4O2. The van der Waals surface area contributed by atoms with E-state index in [-0.39, 0.29) is 54.1 Å². The van der Waals surface area contributed by atoms with Crippen LogP contribution in [0.15, 0.2) is 53.5 Å². The van der Waals surface area contributed by atoms with Gasteiger partial charge in [-0.2, -0.15) is 0 Å². The summed E-state index contributed by atoms with van der Waals surface area (Å²) < 4.78 is 59.7. The normalized spacial score (nSPS) is 16.2. The summed E-state index contributed by atoms with van der Waals surface area (Å²) in [4.78, 5) is 6.42. The number of guanidine groups is 1. The first-order valence-corrected chi connectivity index (χ1v) is 9.76. The van der Waals surface area contributed by atoms with E-state index in [2.05, 4.69) is 19.9 Å². The molecule has 6 nitrogen and oxygen atoms in total. The molecule has 1 fully saturated rings. The molecule has 1 heterocycles. The van der Waals surface area contributed by atoms with Gasteiger partial charge in [0.25, 0.3) is 0 Å². The number of nitrogens with zero attached hydrogens (tertiary/aromatic N) is 2. The van der Waals surface area contributed by atoms with Gasteiger partial charge < -0.3 is 20.5 Å². The fraction of sp³-hybridized carbons (Fsp3) is 0.381. The van der Waals surface area contributed by atoms with E-state index in [9.17, 15) is 17.6 Å². The van der Waals surface area contributed by atoms with E-state index in [1.165, 1.54) is 36.4 Å². The monoisotopic (exact) mass is 568 g/mol. The van der Waals surface area contributed by atoms with Gasteiger partial charge in [-0.15, -0.1) is 37.1 Å². The van der Waals surface area contributed by atoms with Gasteiger partial charge in [-0.05, 0) is 35.4 Å². The molecule has 0 aliphatic carbocycles. The Morgan fingerprint density at radius 1 is 1.16 bits per heavy atom. The van der Waals surface area contributed by atoms with Gasteiger partial charge in [0.05, 0.1) is 25.8 Å². The van der Waals surface area contributed by atoms with Gasteiger partial charge in [-0.25, -0.2) is 9.38 Å². The lowest BCUT2D eigenvalue weighted by Crippen LogP contribution is -2.45. The van der Waals surface area contributed by atoms with Crippen LogP contribution in [-0.4, -0.2) is 50.1 Å². The number of alkyl halides is 3. The number of morpholine rings is 1. The van der Waals surface area contributed by atoms with Crippen LogP contribution in [-0.2, 0) is 11.3 Å². The molecule has 11 heteroatoms. The van der Waals surface area contributed by atoms with Gasteiger partial charge in [0.2, 0.25) is 0 Å². The van der Waals surface area contributed by atoms with E-state index in [4.69, 9.17) is 10.5 Å². The standard InChI is InChI=1S/C21H24F4N4O2.HI/c22-17-3-1-2-16(12-17)19(29-8-10-30-11-9-29)14-28-20(26)27-13-15-4-6-18(7-5-15)31-21(23,24)25;/h1-7,12,19H,8-11,13-14H2,(H3,26,27,28);1H. The highest BCUT2D eigenvalue weighted by Gasteiger charge is 2.31. The number of halogens is 5. The predicted molar refractivity (Wildman–Crippen MR) is 123 cm³/mol. The number of ether oxygens (including phenoxy) is 2. The summed E-state index contributed by atoms with van der Waals surface area (Å²) in [5.41, 5.74) is 7.47. The molecule has 0 saturated carbocycles. The molecule has 1 aliphatic heterocycles. The Morgan fingerprint density at radius 2 is 1.84 bits per heavy atom. The van der Waals surface area contributed by atoms with Crippen LogP contribution in [0.4, 0.5) is 17.6 Å². The molecule has 1 aliphatic rings. The van der Waals surface area contributed by atoms with Gasteiger partial charge in [0.15, 0.2) is 5.96 Å². The molecule has 0 spiro atoms. The molecule has 2 aromatic carbocycles. The highest BCUT2D eigenvalue weighted by molar-refractivity contribution is 14.0. The molecule has 32 heavy (non-hydrogen) atoms. The zero-order valence-electron chi connectivity index (χ0n) is 17.1. The number of rotatable bonds is 7. The molecule has 0 radical (unpaired) electrons. The first-order chi connectivity index (χ1) is 14.8. The minimum absolute atomic E-state index is 0. The zero-order chi connectivity index (χ0) is 22.3. The molecule has 0 amide bonds. The number of hydrogen-bond donors (Lipinski definition) is 2. The van der Waals surface area contributed by atoms with Gasteiger partial charge in [0.1, 0.15) is 11.6 Å². The Morgan fingerprint density at radius 3 is 2.47 bits per heavy atom. The third kappa shape index (κ3) is 8.43. The summed E-state index contributed by atoms with van der Waals surface area (Å²) in [6.45, 7) is 3.23. The number of benzene rings is 2. The quantitative estimate of drug-likeness (QED) is 0.230. The van der Waals surface area contributed by atoms with Crippen molar-refractivity contribution in [1.29, 1.82) is 0 Å². The topological polar surface area (TPSA) is 72.1 Å². The maximum absolute atomic E-state index is 13.7. The summed E-state index contributed by atoms with van der Waals surface area (Å²) in [7, 11) is 0. The van der Waals surface area contributed by atoms with Gasteiger partial charge in [-0.1, -0.05) is 24.3 Å². The fourth-order valence-electron chi connectivity index (χ4n) is 3.29. The molecule has 176 valence electrons. The van der Waals surface area contributed by atoms with Crippen molar-refractivity contribution in [3.8, 4) is 5.75 Å². The average molecular weight is 568 g/mol. The Hall–Kier alpha value is -2.12. The van der Waals surface area contributed by atoms with Crippen molar-refractivity contribution in [2.75, 3.05) is 32.8 Å². The lowest BCUT2D eigenvalue weighted by molar-refractivity contribution is -0.274. The van der Waals surface area contributed by atoms with Gasteiger partial charge in [-0.3, -0.25) is 4.90 Å². The van der Waals surface area contributed by atoms with Crippen LogP contribution in [0.2, 0.25) is 0 Å². The van der Waals surface area contributed by atoms with Crippen molar-refractivity contribution in [3.63, 3.8) is 0 Å². The van der Waals surface area contributed by atoms with Crippen molar-refractivity contribution < 1.29 is 27.0 Å².